The molecule has 111 valence electrons. The molecule has 3 N–H and O–H groups in total. The van der Waals surface area contributed by atoms with Gasteiger partial charge in [-0.05, 0) is 11.8 Å². The van der Waals surface area contributed by atoms with Gasteiger partial charge < -0.3 is 14.7 Å². The predicted octanol–water partition coefficient (Wildman–Crippen LogP) is 4.06. The molecule has 0 amide bonds. The van der Waals surface area contributed by atoms with Gasteiger partial charge in [-0.3, -0.25) is 0 Å². The van der Waals surface area contributed by atoms with Crippen LogP contribution in [0.15, 0.2) is 0 Å². The summed E-state index contributed by atoms with van der Waals surface area (Å²) in [5.41, 5.74) is 0. The first-order valence-corrected chi connectivity index (χ1v) is 10.9. The van der Waals surface area contributed by atoms with Crippen LogP contribution in [0.4, 0.5) is 0 Å². The van der Waals surface area contributed by atoms with Gasteiger partial charge in [-0.25, -0.2) is 0 Å². The molecule has 0 aliphatic heterocycles. The molecule has 6 heteroatoms. The molecule has 0 aromatic heterocycles. The fourth-order valence-electron chi connectivity index (χ4n) is 1.59. The zero-order valence-corrected chi connectivity index (χ0v) is 15.1. The first-order valence-electron chi connectivity index (χ1n) is 6.78. The summed E-state index contributed by atoms with van der Waals surface area (Å²) >= 11 is 5.82. The second kappa shape index (κ2) is 16.3. The second-order valence-corrected chi connectivity index (χ2v) is 7.90. The Hall–Kier alpha value is 1.22. The van der Waals surface area contributed by atoms with Crippen molar-refractivity contribution >= 4 is 18.5 Å². The van der Waals surface area contributed by atoms with Crippen LogP contribution in [-0.4, -0.2) is 14.7 Å². The van der Waals surface area contributed by atoms with Gasteiger partial charge in [0.1, 0.15) is 0 Å². The average Bonchev–Trinajstić information content (AvgIpc) is 2.25. The van der Waals surface area contributed by atoms with Gasteiger partial charge in [0.05, 0.1) is 0 Å². The molecule has 0 bridgehead atoms. The van der Waals surface area contributed by atoms with Crippen LogP contribution in [0.25, 0.3) is 0 Å². The Kier molecular flexibility index (Phi) is 19.5. The van der Waals surface area contributed by atoms with Crippen LogP contribution in [0.3, 0.4) is 0 Å². The molecule has 0 fully saturated rings. The van der Waals surface area contributed by atoms with Crippen molar-refractivity contribution in [3.8, 4) is 0 Å². The van der Waals surface area contributed by atoms with Crippen LogP contribution in [0, 0.1) is 0 Å². The summed E-state index contributed by atoms with van der Waals surface area (Å²) in [5.74, 6) is 0. The Morgan fingerprint density at radius 2 is 1.06 bits per heavy atom. The maximum absolute atomic E-state index is 7.56. The summed E-state index contributed by atoms with van der Waals surface area (Å²) in [6.45, 7) is -1.52. The minimum Gasteiger partial charge on any atom is -0.325 e. The summed E-state index contributed by atoms with van der Waals surface area (Å²) < 4.78 is 0. The van der Waals surface area contributed by atoms with Gasteiger partial charge in [-0.15, -0.1) is 0 Å². The van der Waals surface area contributed by atoms with Gasteiger partial charge in [-0.1, -0.05) is 0 Å². The van der Waals surface area contributed by atoms with Crippen molar-refractivity contribution in [3.05, 3.63) is 0 Å². The van der Waals surface area contributed by atoms with E-state index in [2.05, 4.69) is 38.5 Å². The molecule has 0 aromatic carbocycles. The summed E-state index contributed by atoms with van der Waals surface area (Å²) in [4.78, 5) is 24.1. The fourth-order valence-corrected chi connectivity index (χ4v) is 2.09. The Morgan fingerprint density at radius 1 is 0.778 bits per heavy atom. The van der Waals surface area contributed by atoms with E-state index in [4.69, 9.17) is 14.7 Å². The maximum atomic E-state index is 7.56. The molecule has 0 rings (SSSR count). The number of unbranched alkanes of at least 4 members (excludes halogenated alkanes) is 9. The standard InChI is InChI=1S/C12H25.Mo.H3O3PS/c1-3-5-7-9-11-12-10-8-6-4-2;;1-4(2,3)5/h1,3-12H2,2H3;;(H3,1,2,3,5). The third-order valence-electron chi connectivity index (χ3n) is 2.50. The molecule has 0 aromatic rings. The van der Waals surface area contributed by atoms with Gasteiger partial charge >= 0.3 is 102 Å². The van der Waals surface area contributed by atoms with Crippen molar-refractivity contribution in [1.29, 1.82) is 0 Å². The Labute approximate surface area is 129 Å². The van der Waals surface area contributed by atoms with Crippen LogP contribution < -0.4 is 0 Å². The molecule has 3 nitrogen and oxygen atoms in total. The number of rotatable bonds is 10. The molecule has 0 atom stereocenters. The van der Waals surface area contributed by atoms with Gasteiger partial charge in [0.2, 0.25) is 0 Å². The van der Waals surface area contributed by atoms with E-state index in [1.807, 2.05) is 0 Å². The normalized spacial score (nSPS) is 10.9. The molecule has 0 saturated carbocycles. The van der Waals surface area contributed by atoms with E-state index >= 15 is 0 Å². The Morgan fingerprint density at radius 3 is 1.33 bits per heavy atom. The van der Waals surface area contributed by atoms with Gasteiger partial charge in [0.15, 0.2) is 0 Å². The molecular formula is C12H28MoO3PS. The molecule has 0 radical (unpaired) electrons. The van der Waals surface area contributed by atoms with E-state index in [0.717, 1.165) is 0 Å². The Bertz CT molecular complexity index is 181. The monoisotopic (exact) mass is 381 g/mol. The van der Waals surface area contributed by atoms with E-state index < -0.39 is 6.72 Å². The molecule has 0 aliphatic rings. The van der Waals surface area contributed by atoms with Crippen LogP contribution >= 0.6 is 6.72 Å². The van der Waals surface area contributed by atoms with Gasteiger partial charge in [-0.2, -0.15) is 0 Å². The van der Waals surface area contributed by atoms with Crippen molar-refractivity contribution in [2.24, 2.45) is 0 Å². The van der Waals surface area contributed by atoms with E-state index in [1.54, 1.807) is 0 Å². The van der Waals surface area contributed by atoms with Crippen molar-refractivity contribution < 1.29 is 34.5 Å². The first kappa shape index (κ1) is 21.5. The summed E-state index contributed by atoms with van der Waals surface area (Å²) in [6.07, 6.45) is 14.6. The molecule has 0 spiro atoms. The quantitative estimate of drug-likeness (QED) is 0.304. The molecular weight excluding hydrogens is 351 g/mol. The zero-order chi connectivity index (χ0) is 14.3. The van der Waals surface area contributed by atoms with Crippen LogP contribution in [0.2, 0.25) is 4.81 Å². The van der Waals surface area contributed by atoms with Crippen molar-refractivity contribution in [1.82, 2.24) is 0 Å². The van der Waals surface area contributed by atoms with Crippen LogP contribution in [0.1, 0.15) is 71.1 Å². The SMILES string of the molecule is CCCCCCCCCCC[CH2][Mo].OP(O)(O)=S. The average molecular weight is 379 g/mol. The zero-order valence-electron chi connectivity index (χ0n) is 11.4. The number of hydrogen-bond acceptors (Lipinski definition) is 1. The summed E-state index contributed by atoms with van der Waals surface area (Å²) in [6, 6.07) is 0. The molecule has 0 heterocycles. The molecule has 18 heavy (non-hydrogen) atoms. The molecule has 0 aliphatic carbocycles. The fraction of sp³-hybridized carbons (Fsp3) is 1.00. The second-order valence-electron chi connectivity index (χ2n) is 4.40. The largest absolute Gasteiger partial charge is 0.325 e. The van der Waals surface area contributed by atoms with Crippen molar-refractivity contribution in [2.45, 2.75) is 75.9 Å². The minimum absolute atomic E-state index is 1.37. The van der Waals surface area contributed by atoms with E-state index in [9.17, 15) is 0 Å². The maximum Gasteiger partial charge on any atom is 0.319 e. The van der Waals surface area contributed by atoms with Crippen molar-refractivity contribution in [2.75, 3.05) is 0 Å². The van der Waals surface area contributed by atoms with Crippen LogP contribution in [-0.2, 0) is 31.6 Å². The van der Waals surface area contributed by atoms with E-state index in [0.29, 0.717) is 0 Å². The molecule has 0 unspecified atom stereocenters. The van der Waals surface area contributed by atoms with Gasteiger partial charge in [0, 0.05) is 0 Å². The van der Waals surface area contributed by atoms with Crippen LogP contribution in [0.5, 0.6) is 0 Å². The predicted molar refractivity (Wildman–Crippen MR) is 77.6 cm³/mol. The smallest absolute Gasteiger partial charge is 0.319 e. The third-order valence-corrected chi connectivity index (χ3v) is 3.21. The Balaban J connectivity index is 0. The minimum atomic E-state index is -3.81. The van der Waals surface area contributed by atoms with E-state index in [-0.39, 0.29) is 0 Å². The van der Waals surface area contributed by atoms with Crippen molar-refractivity contribution in [3.63, 3.8) is 0 Å². The van der Waals surface area contributed by atoms with E-state index in [1.165, 1.54) is 69.0 Å². The summed E-state index contributed by atoms with van der Waals surface area (Å²) in [5, 5.41) is 0. The topological polar surface area (TPSA) is 60.7 Å². The van der Waals surface area contributed by atoms with Gasteiger partial charge in [0.25, 0.3) is 0 Å². The number of hydrogen-bond donors (Lipinski definition) is 3. The molecule has 0 saturated heterocycles. The first-order chi connectivity index (χ1) is 8.41. The third kappa shape index (κ3) is 36.0. The summed E-state index contributed by atoms with van der Waals surface area (Å²) in [7, 11) is 0.